The largest absolute Gasteiger partial charge is 0.497 e. The lowest BCUT2D eigenvalue weighted by atomic mass is 9.98. The smallest absolute Gasteiger partial charge is 0.303 e. The van der Waals surface area contributed by atoms with Crippen LogP contribution in [0.3, 0.4) is 0 Å². The Kier molecular flexibility index (Phi) is 6.56. The summed E-state index contributed by atoms with van der Waals surface area (Å²) in [6.07, 6.45) is 0.265. The van der Waals surface area contributed by atoms with Crippen molar-refractivity contribution in [3.8, 4) is 5.75 Å². The number of carbonyl (C=O) groups excluding carboxylic acids is 2. The third-order valence-electron chi connectivity index (χ3n) is 3.18. The van der Waals surface area contributed by atoms with E-state index in [9.17, 15) is 14.4 Å². The van der Waals surface area contributed by atoms with Crippen LogP contribution in [0.5, 0.6) is 5.75 Å². The van der Waals surface area contributed by atoms with Crippen molar-refractivity contribution >= 4 is 17.8 Å². The van der Waals surface area contributed by atoms with Crippen molar-refractivity contribution in [2.75, 3.05) is 13.7 Å². The third kappa shape index (κ3) is 6.82. The van der Waals surface area contributed by atoms with Gasteiger partial charge in [-0.3, -0.25) is 14.4 Å². The van der Waals surface area contributed by atoms with Gasteiger partial charge in [0, 0.05) is 17.5 Å². The Labute approximate surface area is 135 Å². The molecular weight excluding hydrogens is 300 g/mol. The summed E-state index contributed by atoms with van der Waals surface area (Å²) in [5.41, 5.74) is -0.266. The minimum atomic E-state index is -0.918. The molecule has 23 heavy (non-hydrogen) atoms. The van der Waals surface area contributed by atoms with Crippen LogP contribution in [0.25, 0.3) is 0 Å². The summed E-state index contributed by atoms with van der Waals surface area (Å²) < 4.78 is 5.04. The van der Waals surface area contributed by atoms with Crippen LogP contribution in [-0.4, -0.2) is 42.1 Å². The van der Waals surface area contributed by atoms with E-state index in [1.807, 2.05) is 0 Å². The first kappa shape index (κ1) is 18.5. The number of aliphatic carboxylic acids is 1. The number of ether oxygens (including phenoxy) is 1. The quantitative estimate of drug-likeness (QED) is 0.667. The van der Waals surface area contributed by atoms with Gasteiger partial charge in [-0.25, -0.2) is 0 Å². The molecule has 0 aromatic heterocycles. The highest BCUT2D eigenvalue weighted by Crippen LogP contribution is 2.12. The standard InChI is InChI=1S/C16H22N2O5/c1-16(2,8-7-14(20)21)18-13(19)10-17-15(22)11-5-4-6-12(9-11)23-3/h4-6,9H,7-8,10H2,1-3H3,(H,17,22)(H,18,19)(H,20,21). The van der Waals surface area contributed by atoms with E-state index in [1.165, 1.54) is 7.11 Å². The van der Waals surface area contributed by atoms with Crippen molar-refractivity contribution < 1.29 is 24.2 Å². The lowest BCUT2D eigenvalue weighted by Crippen LogP contribution is -2.47. The van der Waals surface area contributed by atoms with Gasteiger partial charge in [-0.1, -0.05) is 6.07 Å². The number of rotatable bonds is 8. The summed E-state index contributed by atoms with van der Waals surface area (Å²) in [6.45, 7) is 3.28. The number of benzene rings is 1. The topological polar surface area (TPSA) is 105 Å². The lowest BCUT2D eigenvalue weighted by Gasteiger charge is -2.25. The van der Waals surface area contributed by atoms with Gasteiger partial charge in [0.2, 0.25) is 5.91 Å². The number of carboxylic acids is 1. The second kappa shape index (κ2) is 8.17. The summed E-state index contributed by atoms with van der Waals surface area (Å²) in [5, 5.41) is 13.9. The van der Waals surface area contributed by atoms with Gasteiger partial charge in [0.05, 0.1) is 13.7 Å². The molecule has 7 nitrogen and oxygen atoms in total. The van der Waals surface area contributed by atoms with Crippen LogP contribution < -0.4 is 15.4 Å². The Morgan fingerprint density at radius 1 is 1.26 bits per heavy atom. The van der Waals surface area contributed by atoms with Gasteiger partial charge >= 0.3 is 5.97 Å². The van der Waals surface area contributed by atoms with Crippen LogP contribution >= 0.6 is 0 Å². The molecule has 0 fully saturated rings. The van der Waals surface area contributed by atoms with E-state index >= 15 is 0 Å². The maximum Gasteiger partial charge on any atom is 0.303 e. The molecule has 1 rings (SSSR count). The average Bonchev–Trinajstić information content (AvgIpc) is 2.50. The number of amides is 2. The predicted molar refractivity (Wildman–Crippen MR) is 84.4 cm³/mol. The van der Waals surface area contributed by atoms with E-state index in [1.54, 1.807) is 38.1 Å². The Hall–Kier alpha value is -2.57. The molecule has 1 aromatic rings. The molecule has 0 aliphatic rings. The van der Waals surface area contributed by atoms with Crippen LogP contribution in [0.15, 0.2) is 24.3 Å². The number of carboxylic acid groups (broad SMARTS) is 1. The predicted octanol–water partition coefficient (Wildman–Crippen LogP) is 1.18. The third-order valence-corrected chi connectivity index (χ3v) is 3.18. The SMILES string of the molecule is COc1cccc(C(=O)NCC(=O)NC(C)(C)CCC(=O)O)c1. The van der Waals surface area contributed by atoms with Gasteiger partial charge < -0.3 is 20.5 Å². The van der Waals surface area contributed by atoms with Gasteiger partial charge in [0.1, 0.15) is 5.75 Å². The molecule has 0 bridgehead atoms. The molecular formula is C16H22N2O5. The summed E-state index contributed by atoms with van der Waals surface area (Å²) in [7, 11) is 1.50. The van der Waals surface area contributed by atoms with Crippen molar-refractivity contribution in [1.82, 2.24) is 10.6 Å². The maximum atomic E-state index is 12.0. The van der Waals surface area contributed by atoms with E-state index in [-0.39, 0.29) is 24.8 Å². The monoisotopic (exact) mass is 322 g/mol. The molecule has 1 aromatic carbocycles. The van der Waals surface area contributed by atoms with E-state index in [2.05, 4.69) is 10.6 Å². The Balaban J connectivity index is 2.48. The number of hydrogen-bond acceptors (Lipinski definition) is 4. The van der Waals surface area contributed by atoms with Gasteiger partial charge in [-0.15, -0.1) is 0 Å². The second-order valence-corrected chi connectivity index (χ2v) is 5.74. The molecule has 0 atom stereocenters. The summed E-state index contributed by atoms with van der Waals surface area (Å²) in [5.74, 6) is -1.13. The van der Waals surface area contributed by atoms with Gasteiger partial charge in [0.15, 0.2) is 0 Å². The van der Waals surface area contributed by atoms with Crippen molar-refractivity contribution in [2.24, 2.45) is 0 Å². The summed E-state index contributed by atoms with van der Waals surface area (Å²) in [6, 6.07) is 6.59. The first-order valence-electron chi connectivity index (χ1n) is 7.18. The first-order chi connectivity index (χ1) is 10.7. The molecule has 7 heteroatoms. The highest BCUT2D eigenvalue weighted by atomic mass is 16.5. The molecule has 0 heterocycles. The van der Waals surface area contributed by atoms with Crippen LogP contribution in [-0.2, 0) is 9.59 Å². The minimum Gasteiger partial charge on any atom is -0.497 e. The molecule has 0 saturated carbocycles. The maximum absolute atomic E-state index is 12.0. The highest BCUT2D eigenvalue weighted by Gasteiger charge is 2.21. The first-order valence-corrected chi connectivity index (χ1v) is 7.18. The highest BCUT2D eigenvalue weighted by molar-refractivity contribution is 5.96. The molecule has 2 amide bonds. The number of carbonyl (C=O) groups is 3. The molecule has 0 unspecified atom stereocenters. The van der Waals surface area contributed by atoms with Gasteiger partial charge in [-0.05, 0) is 38.5 Å². The fourth-order valence-corrected chi connectivity index (χ4v) is 1.93. The molecule has 0 aliphatic heterocycles. The zero-order valence-corrected chi connectivity index (χ0v) is 13.5. The van der Waals surface area contributed by atoms with Crippen LogP contribution in [0.4, 0.5) is 0 Å². The van der Waals surface area contributed by atoms with Crippen LogP contribution in [0, 0.1) is 0 Å². The number of methoxy groups -OCH3 is 1. The van der Waals surface area contributed by atoms with Crippen LogP contribution in [0.2, 0.25) is 0 Å². The molecule has 0 saturated heterocycles. The average molecular weight is 322 g/mol. The van der Waals surface area contributed by atoms with Crippen molar-refractivity contribution in [3.63, 3.8) is 0 Å². The Bertz CT molecular complexity index is 584. The Morgan fingerprint density at radius 3 is 2.57 bits per heavy atom. The number of hydrogen-bond donors (Lipinski definition) is 3. The lowest BCUT2D eigenvalue weighted by molar-refractivity contribution is -0.137. The fraction of sp³-hybridized carbons (Fsp3) is 0.438. The van der Waals surface area contributed by atoms with Crippen LogP contribution in [0.1, 0.15) is 37.0 Å². The van der Waals surface area contributed by atoms with Crippen molar-refractivity contribution in [3.05, 3.63) is 29.8 Å². The van der Waals surface area contributed by atoms with E-state index < -0.39 is 11.5 Å². The van der Waals surface area contributed by atoms with Crippen molar-refractivity contribution in [2.45, 2.75) is 32.2 Å². The number of nitrogens with one attached hydrogen (secondary N) is 2. The zero-order chi connectivity index (χ0) is 17.5. The van der Waals surface area contributed by atoms with Gasteiger partial charge in [-0.2, -0.15) is 0 Å². The second-order valence-electron chi connectivity index (χ2n) is 5.74. The van der Waals surface area contributed by atoms with E-state index in [0.29, 0.717) is 17.7 Å². The minimum absolute atomic E-state index is 0.0382. The molecule has 0 aliphatic carbocycles. The van der Waals surface area contributed by atoms with Gasteiger partial charge in [0.25, 0.3) is 5.91 Å². The van der Waals surface area contributed by atoms with Crippen molar-refractivity contribution in [1.29, 1.82) is 0 Å². The zero-order valence-electron chi connectivity index (χ0n) is 13.5. The fourth-order valence-electron chi connectivity index (χ4n) is 1.93. The van der Waals surface area contributed by atoms with E-state index in [4.69, 9.17) is 9.84 Å². The van der Waals surface area contributed by atoms with E-state index in [0.717, 1.165) is 0 Å². The molecule has 3 N–H and O–H groups in total. The Morgan fingerprint density at radius 2 is 1.96 bits per heavy atom. The molecule has 126 valence electrons. The molecule has 0 spiro atoms. The molecule has 0 radical (unpaired) electrons. The summed E-state index contributed by atoms with van der Waals surface area (Å²) >= 11 is 0. The summed E-state index contributed by atoms with van der Waals surface area (Å²) in [4.78, 5) is 34.4. The normalized spacial score (nSPS) is 10.7.